The van der Waals surface area contributed by atoms with E-state index in [-0.39, 0.29) is 35.0 Å². The number of hydrogen-bond donors (Lipinski definition) is 1. The minimum absolute atomic E-state index is 0.0242. The average molecular weight is 437 g/mol. The van der Waals surface area contributed by atoms with Crippen molar-refractivity contribution in [3.05, 3.63) is 53.8 Å². The van der Waals surface area contributed by atoms with E-state index in [4.69, 9.17) is 9.47 Å². The van der Waals surface area contributed by atoms with Crippen molar-refractivity contribution in [2.45, 2.75) is 37.9 Å². The maximum Gasteiger partial charge on any atom is 0.338 e. The van der Waals surface area contributed by atoms with Crippen molar-refractivity contribution in [1.82, 2.24) is 0 Å². The van der Waals surface area contributed by atoms with Gasteiger partial charge in [0.15, 0.2) is 0 Å². The van der Waals surface area contributed by atoms with E-state index >= 15 is 0 Å². The van der Waals surface area contributed by atoms with Crippen LogP contribution in [-0.2, 0) is 19.5 Å². The summed E-state index contributed by atoms with van der Waals surface area (Å²) in [4.78, 5) is 13.5. The number of esters is 1. The zero-order valence-corrected chi connectivity index (χ0v) is 17.9. The van der Waals surface area contributed by atoms with Gasteiger partial charge in [0.25, 0.3) is 10.0 Å². The van der Waals surface area contributed by atoms with Crippen molar-refractivity contribution in [2.24, 2.45) is 0 Å². The molecule has 1 N–H and O–H groups in total. The smallest absolute Gasteiger partial charge is 0.338 e. The number of nitrogens with one attached hydrogen (secondary N) is 1. The third-order valence-electron chi connectivity index (χ3n) is 4.64. The van der Waals surface area contributed by atoms with E-state index in [0.717, 1.165) is 6.07 Å². The third-order valence-corrected chi connectivity index (χ3v) is 6.03. The second kappa shape index (κ2) is 9.01. The highest BCUT2D eigenvalue weighted by Crippen LogP contribution is 2.27. The van der Waals surface area contributed by atoms with Crippen LogP contribution in [0.1, 0.15) is 31.1 Å². The van der Waals surface area contributed by atoms with Crippen LogP contribution in [0.25, 0.3) is 0 Å². The quantitative estimate of drug-likeness (QED) is 0.699. The molecule has 9 heteroatoms. The maximum atomic E-state index is 14.7. The SMILES string of the molecule is CCOC(=O)c1ccc(S(=O)(=O)Nc2ccc(N3C[C@@H](C)O[C@@H](C)C3)c(F)c2)cc1. The summed E-state index contributed by atoms with van der Waals surface area (Å²) in [6.45, 7) is 6.88. The molecule has 162 valence electrons. The summed E-state index contributed by atoms with van der Waals surface area (Å²) in [5.41, 5.74) is 0.763. The molecule has 0 amide bonds. The van der Waals surface area contributed by atoms with Gasteiger partial charge >= 0.3 is 5.97 Å². The number of sulfonamides is 1. The largest absolute Gasteiger partial charge is 0.462 e. The zero-order chi connectivity index (χ0) is 21.9. The van der Waals surface area contributed by atoms with E-state index in [1.807, 2.05) is 18.7 Å². The predicted molar refractivity (Wildman–Crippen MR) is 112 cm³/mol. The minimum Gasteiger partial charge on any atom is -0.462 e. The van der Waals surface area contributed by atoms with Crippen molar-refractivity contribution >= 4 is 27.4 Å². The molecule has 1 fully saturated rings. The highest BCUT2D eigenvalue weighted by molar-refractivity contribution is 7.92. The molecule has 0 saturated carbocycles. The number of carbonyl (C=O) groups is 1. The molecule has 0 aliphatic carbocycles. The second-order valence-corrected chi connectivity index (χ2v) is 8.86. The lowest BCUT2D eigenvalue weighted by atomic mass is 10.2. The number of morpholine rings is 1. The van der Waals surface area contributed by atoms with Crippen LogP contribution < -0.4 is 9.62 Å². The van der Waals surface area contributed by atoms with Crippen LogP contribution in [-0.4, -0.2) is 46.3 Å². The number of rotatable bonds is 6. The first-order valence-electron chi connectivity index (χ1n) is 9.69. The van der Waals surface area contributed by atoms with Gasteiger partial charge in [0.05, 0.1) is 40.6 Å². The Hall–Kier alpha value is -2.65. The summed E-state index contributed by atoms with van der Waals surface area (Å²) in [5, 5.41) is 0. The first kappa shape index (κ1) is 22.0. The lowest BCUT2D eigenvalue weighted by Gasteiger charge is -2.37. The van der Waals surface area contributed by atoms with Gasteiger partial charge in [-0.1, -0.05) is 0 Å². The molecule has 1 saturated heterocycles. The summed E-state index contributed by atoms with van der Waals surface area (Å²) in [6.07, 6.45) is -0.0483. The molecule has 7 nitrogen and oxygen atoms in total. The van der Waals surface area contributed by atoms with Gasteiger partial charge in [-0.15, -0.1) is 0 Å². The summed E-state index contributed by atoms with van der Waals surface area (Å²) in [7, 11) is -3.94. The first-order valence-corrected chi connectivity index (χ1v) is 11.2. The molecular formula is C21H25FN2O5S. The highest BCUT2D eigenvalue weighted by Gasteiger charge is 2.25. The fraction of sp³-hybridized carbons (Fsp3) is 0.381. The Morgan fingerprint density at radius 3 is 2.37 bits per heavy atom. The van der Waals surface area contributed by atoms with Crippen molar-refractivity contribution in [3.8, 4) is 0 Å². The van der Waals surface area contributed by atoms with E-state index in [0.29, 0.717) is 18.8 Å². The van der Waals surface area contributed by atoms with Crippen molar-refractivity contribution in [2.75, 3.05) is 29.3 Å². The Kier molecular flexibility index (Phi) is 6.62. The molecule has 2 atom stereocenters. The van der Waals surface area contributed by atoms with E-state index in [1.165, 1.54) is 30.3 Å². The molecule has 2 aromatic carbocycles. The summed E-state index contributed by atoms with van der Waals surface area (Å²) in [5.74, 6) is -1.05. The molecule has 1 aliphatic heterocycles. The maximum absolute atomic E-state index is 14.7. The lowest BCUT2D eigenvalue weighted by molar-refractivity contribution is -0.00539. The van der Waals surface area contributed by atoms with Crippen LogP contribution in [0.5, 0.6) is 0 Å². The molecule has 1 aliphatic rings. The molecule has 0 radical (unpaired) electrons. The number of carbonyl (C=O) groups excluding carboxylic acids is 1. The van der Waals surface area contributed by atoms with Crippen molar-refractivity contribution in [1.29, 1.82) is 0 Å². The van der Waals surface area contributed by atoms with Gasteiger partial charge in [0.1, 0.15) is 5.82 Å². The van der Waals surface area contributed by atoms with Gasteiger partial charge in [-0.25, -0.2) is 17.6 Å². The van der Waals surface area contributed by atoms with Gasteiger partial charge in [0.2, 0.25) is 0 Å². The topological polar surface area (TPSA) is 84.9 Å². The second-order valence-electron chi connectivity index (χ2n) is 7.18. The molecule has 0 spiro atoms. The number of ether oxygens (including phenoxy) is 2. The molecule has 0 aromatic heterocycles. The van der Waals surface area contributed by atoms with E-state index in [1.54, 1.807) is 13.0 Å². The van der Waals surface area contributed by atoms with Crippen molar-refractivity contribution < 1.29 is 27.1 Å². The van der Waals surface area contributed by atoms with E-state index in [9.17, 15) is 17.6 Å². The van der Waals surface area contributed by atoms with E-state index < -0.39 is 21.8 Å². The predicted octanol–water partition coefficient (Wildman–Crippen LogP) is 3.42. The summed E-state index contributed by atoms with van der Waals surface area (Å²) >= 11 is 0. The van der Waals surface area contributed by atoms with Crippen LogP contribution in [0.3, 0.4) is 0 Å². The number of hydrogen-bond acceptors (Lipinski definition) is 6. The van der Waals surface area contributed by atoms with Gasteiger partial charge in [-0.3, -0.25) is 4.72 Å². The Bertz CT molecular complexity index is 1000. The lowest BCUT2D eigenvalue weighted by Crippen LogP contribution is -2.45. The minimum atomic E-state index is -3.94. The van der Waals surface area contributed by atoms with Gasteiger partial charge in [-0.2, -0.15) is 0 Å². The summed E-state index contributed by atoms with van der Waals surface area (Å²) < 4.78 is 52.9. The monoisotopic (exact) mass is 436 g/mol. The Morgan fingerprint density at radius 1 is 1.17 bits per heavy atom. The van der Waals surface area contributed by atoms with Gasteiger partial charge in [-0.05, 0) is 57.2 Å². The number of nitrogens with zero attached hydrogens (tertiary/aromatic N) is 1. The first-order chi connectivity index (χ1) is 14.2. The molecule has 3 rings (SSSR count). The average Bonchev–Trinajstić information content (AvgIpc) is 2.67. The zero-order valence-electron chi connectivity index (χ0n) is 17.1. The van der Waals surface area contributed by atoms with Gasteiger partial charge < -0.3 is 14.4 Å². The summed E-state index contributed by atoms with van der Waals surface area (Å²) in [6, 6.07) is 9.58. The van der Waals surface area contributed by atoms with Crippen LogP contribution in [0, 0.1) is 5.82 Å². The molecule has 30 heavy (non-hydrogen) atoms. The fourth-order valence-electron chi connectivity index (χ4n) is 3.40. The standard InChI is InChI=1S/C21H25FN2O5S/c1-4-28-21(25)16-5-8-18(9-6-16)30(26,27)23-17-7-10-20(19(22)11-17)24-12-14(2)29-15(3)13-24/h5-11,14-15,23H,4,12-13H2,1-3H3/t14-,15+. The molecule has 0 unspecified atom stereocenters. The van der Waals surface area contributed by atoms with Gasteiger partial charge in [0, 0.05) is 19.2 Å². The molecule has 0 bridgehead atoms. The van der Waals surface area contributed by atoms with Crippen LogP contribution in [0.2, 0.25) is 0 Å². The third kappa shape index (κ3) is 5.09. The number of benzene rings is 2. The number of anilines is 2. The van der Waals surface area contributed by atoms with Crippen molar-refractivity contribution in [3.63, 3.8) is 0 Å². The number of halogens is 1. The Balaban J connectivity index is 1.75. The Morgan fingerprint density at radius 2 is 1.80 bits per heavy atom. The Labute approximate surface area is 175 Å². The highest BCUT2D eigenvalue weighted by atomic mass is 32.2. The van der Waals surface area contributed by atoms with Crippen LogP contribution in [0.15, 0.2) is 47.4 Å². The fourth-order valence-corrected chi connectivity index (χ4v) is 4.45. The molecular weight excluding hydrogens is 411 g/mol. The molecule has 2 aromatic rings. The van der Waals surface area contributed by atoms with Crippen LogP contribution >= 0.6 is 0 Å². The van der Waals surface area contributed by atoms with E-state index in [2.05, 4.69) is 4.72 Å². The van der Waals surface area contributed by atoms with Crippen LogP contribution in [0.4, 0.5) is 15.8 Å². The normalized spacial score (nSPS) is 19.4. The molecule has 1 heterocycles.